The molecular formula is C20H18O. The van der Waals surface area contributed by atoms with Gasteiger partial charge in [-0.25, -0.2) is 0 Å². The van der Waals surface area contributed by atoms with Crippen molar-refractivity contribution in [2.75, 3.05) is 0 Å². The van der Waals surface area contributed by atoms with Crippen molar-refractivity contribution >= 4 is 0 Å². The molecule has 0 bridgehead atoms. The van der Waals surface area contributed by atoms with Crippen molar-refractivity contribution in [2.45, 2.75) is 12.8 Å². The Hall–Kier alpha value is -2.54. The van der Waals surface area contributed by atoms with Crippen LogP contribution in [-0.2, 0) is 0 Å². The predicted molar refractivity (Wildman–Crippen MR) is 87.5 cm³/mol. The highest BCUT2D eigenvalue weighted by Crippen LogP contribution is 2.29. The molecule has 104 valence electrons. The summed E-state index contributed by atoms with van der Waals surface area (Å²) >= 11 is 0. The molecule has 0 fully saturated rings. The van der Waals surface area contributed by atoms with Crippen LogP contribution in [-0.4, -0.2) is 5.11 Å². The zero-order valence-corrected chi connectivity index (χ0v) is 12.0. The van der Waals surface area contributed by atoms with Gasteiger partial charge in [-0.05, 0) is 34.4 Å². The Morgan fingerprint density at radius 1 is 0.667 bits per heavy atom. The van der Waals surface area contributed by atoms with E-state index in [0.717, 1.165) is 11.1 Å². The first-order valence-corrected chi connectivity index (χ1v) is 7.18. The first-order valence-electron chi connectivity index (χ1n) is 7.18. The van der Waals surface area contributed by atoms with E-state index in [-0.39, 0.29) is 0 Å². The zero-order valence-electron chi connectivity index (χ0n) is 12.0. The minimum absolute atomic E-state index is 0.300. The first-order chi connectivity index (χ1) is 10.2. The molecule has 0 saturated carbocycles. The highest BCUT2D eigenvalue weighted by atomic mass is 16.3. The van der Waals surface area contributed by atoms with Crippen LogP contribution in [0, 0.1) is 0 Å². The van der Waals surface area contributed by atoms with E-state index in [1.54, 1.807) is 12.1 Å². The number of rotatable bonds is 3. The molecule has 3 aromatic carbocycles. The summed E-state index contributed by atoms with van der Waals surface area (Å²) in [7, 11) is 0. The van der Waals surface area contributed by atoms with Gasteiger partial charge < -0.3 is 5.11 Å². The Morgan fingerprint density at radius 3 is 2.00 bits per heavy atom. The molecule has 0 aliphatic heterocycles. The number of phenols is 1. The second-order valence-corrected chi connectivity index (χ2v) is 5.31. The van der Waals surface area contributed by atoms with E-state index < -0.39 is 0 Å². The molecule has 1 nitrogen and oxygen atoms in total. The van der Waals surface area contributed by atoms with E-state index in [2.05, 4.69) is 55.5 Å². The summed E-state index contributed by atoms with van der Waals surface area (Å²) in [5.41, 5.74) is 4.76. The Labute approximate surface area is 125 Å². The van der Waals surface area contributed by atoms with Crippen molar-refractivity contribution in [1.29, 1.82) is 0 Å². The lowest BCUT2D eigenvalue weighted by Crippen LogP contribution is -1.95. The van der Waals surface area contributed by atoms with E-state index in [1.807, 2.05) is 18.2 Å². The maximum Gasteiger partial charge on any atom is 0.116 e. The van der Waals surface area contributed by atoms with Crippen molar-refractivity contribution in [3.8, 4) is 16.9 Å². The van der Waals surface area contributed by atoms with Crippen molar-refractivity contribution < 1.29 is 5.11 Å². The van der Waals surface area contributed by atoms with E-state index in [4.69, 9.17) is 0 Å². The Bertz CT molecular complexity index is 732. The Morgan fingerprint density at radius 2 is 1.29 bits per heavy atom. The summed E-state index contributed by atoms with van der Waals surface area (Å²) in [6.07, 6.45) is 0. The van der Waals surface area contributed by atoms with Crippen molar-refractivity contribution in [1.82, 2.24) is 0 Å². The molecule has 3 rings (SSSR count). The number of hydrogen-bond donors (Lipinski definition) is 1. The maximum absolute atomic E-state index is 9.63. The Balaban J connectivity index is 1.97. The van der Waals surface area contributed by atoms with Gasteiger partial charge in [0.05, 0.1) is 0 Å². The van der Waals surface area contributed by atoms with E-state index in [9.17, 15) is 5.11 Å². The van der Waals surface area contributed by atoms with Crippen LogP contribution in [0.2, 0.25) is 0 Å². The third kappa shape index (κ3) is 2.97. The van der Waals surface area contributed by atoms with Gasteiger partial charge >= 0.3 is 0 Å². The molecule has 1 unspecified atom stereocenters. The molecule has 0 saturated heterocycles. The van der Waals surface area contributed by atoms with Gasteiger partial charge in [0.1, 0.15) is 5.75 Å². The molecule has 1 heteroatoms. The molecule has 0 aliphatic rings. The average molecular weight is 274 g/mol. The van der Waals surface area contributed by atoms with Crippen LogP contribution >= 0.6 is 0 Å². The molecule has 0 aliphatic carbocycles. The second kappa shape index (κ2) is 5.84. The van der Waals surface area contributed by atoms with Gasteiger partial charge in [0.15, 0.2) is 0 Å². The Kier molecular flexibility index (Phi) is 3.74. The lowest BCUT2D eigenvalue weighted by Gasteiger charge is -2.14. The number of hydrogen-bond acceptors (Lipinski definition) is 1. The third-order valence-electron chi connectivity index (χ3n) is 3.87. The fraction of sp³-hybridized carbons (Fsp3) is 0.100. The van der Waals surface area contributed by atoms with Crippen molar-refractivity contribution in [2.24, 2.45) is 0 Å². The summed E-state index contributed by atoms with van der Waals surface area (Å²) in [6.45, 7) is 2.22. The zero-order chi connectivity index (χ0) is 14.7. The lowest BCUT2D eigenvalue weighted by molar-refractivity contribution is 0.475. The minimum Gasteiger partial charge on any atom is -0.508 e. The molecule has 0 radical (unpaired) electrons. The fourth-order valence-electron chi connectivity index (χ4n) is 2.61. The van der Waals surface area contributed by atoms with E-state index >= 15 is 0 Å². The van der Waals surface area contributed by atoms with Crippen LogP contribution in [0.15, 0.2) is 78.9 Å². The van der Waals surface area contributed by atoms with E-state index in [0.29, 0.717) is 11.7 Å². The first kappa shape index (κ1) is 13.4. The molecule has 1 atom stereocenters. The molecule has 0 aromatic heterocycles. The summed E-state index contributed by atoms with van der Waals surface area (Å²) in [6, 6.07) is 26.4. The third-order valence-corrected chi connectivity index (χ3v) is 3.87. The predicted octanol–water partition coefficient (Wildman–Crippen LogP) is 5.21. The molecule has 3 aromatic rings. The van der Waals surface area contributed by atoms with Gasteiger partial charge in [0, 0.05) is 5.92 Å². The highest BCUT2D eigenvalue weighted by Gasteiger charge is 2.09. The average Bonchev–Trinajstić information content (AvgIpc) is 2.55. The highest BCUT2D eigenvalue weighted by molar-refractivity contribution is 5.66. The summed E-state index contributed by atoms with van der Waals surface area (Å²) in [5.74, 6) is 0.650. The summed E-state index contributed by atoms with van der Waals surface area (Å²) in [4.78, 5) is 0. The van der Waals surface area contributed by atoms with Gasteiger partial charge in [-0.15, -0.1) is 0 Å². The van der Waals surface area contributed by atoms with Crippen LogP contribution in [0.5, 0.6) is 5.75 Å². The molecule has 0 spiro atoms. The van der Waals surface area contributed by atoms with Crippen molar-refractivity contribution in [3.05, 3.63) is 90.0 Å². The van der Waals surface area contributed by atoms with Gasteiger partial charge in [0.25, 0.3) is 0 Å². The smallest absolute Gasteiger partial charge is 0.116 e. The van der Waals surface area contributed by atoms with Crippen LogP contribution in [0.3, 0.4) is 0 Å². The quantitative estimate of drug-likeness (QED) is 0.695. The number of phenolic OH excluding ortho intramolecular Hbond substituents is 1. The second-order valence-electron chi connectivity index (χ2n) is 5.31. The normalized spacial score (nSPS) is 12.0. The van der Waals surface area contributed by atoms with Crippen LogP contribution in [0.1, 0.15) is 24.0 Å². The molecular weight excluding hydrogens is 256 g/mol. The van der Waals surface area contributed by atoms with Gasteiger partial charge in [-0.2, -0.15) is 0 Å². The van der Waals surface area contributed by atoms with Crippen molar-refractivity contribution in [3.63, 3.8) is 0 Å². The lowest BCUT2D eigenvalue weighted by atomic mass is 9.91. The number of benzene rings is 3. The SMILES string of the molecule is CC(c1ccccc1)c1cccc(-c2cccc(O)c2)c1. The molecule has 21 heavy (non-hydrogen) atoms. The minimum atomic E-state index is 0.300. The standard InChI is InChI=1S/C20H18O/c1-15(16-7-3-2-4-8-16)17-9-5-10-18(13-17)19-11-6-12-20(21)14-19/h2-15,21H,1H3. The maximum atomic E-state index is 9.63. The van der Waals surface area contributed by atoms with Gasteiger partial charge in [0.2, 0.25) is 0 Å². The molecule has 0 amide bonds. The fourth-order valence-corrected chi connectivity index (χ4v) is 2.61. The number of aromatic hydroxyl groups is 1. The monoisotopic (exact) mass is 274 g/mol. The van der Waals surface area contributed by atoms with E-state index in [1.165, 1.54) is 11.1 Å². The van der Waals surface area contributed by atoms with Gasteiger partial charge in [-0.3, -0.25) is 0 Å². The summed E-state index contributed by atoms with van der Waals surface area (Å²) < 4.78 is 0. The van der Waals surface area contributed by atoms with Crippen LogP contribution in [0.25, 0.3) is 11.1 Å². The van der Waals surface area contributed by atoms with Crippen LogP contribution < -0.4 is 0 Å². The molecule has 0 heterocycles. The summed E-state index contributed by atoms with van der Waals surface area (Å²) in [5, 5.41) is 9.63. The largest absolute Gasteiger partial charge is 0.508 e. The topological polar surface area (TPSA) is 20.2 Å². The van der Waals surface area contributed by atoms with Crippen LogP contribution in [0.4, 0.5) is 0 Å². The van der Waals surface area contributed by atoms with Gasteiger partial charge in [-0.1, -0.05) is 73.7 Å². The molecule has 1 N–H and O–H groups in total.